The lowest BCUT2D eigenvalue weighted by molar-refractivity contribution is 0.479. The van der Waals surface area contributed by atoms with Crippen LogP contribution >= 0.6 is 10.6 Å². The average molecular weight is 135 g/mol. The molecule has 0 aromatic heterocycles. The van der Waals surface area contributed by atoms with E-state index in [0.717, 1.165) is 12.8 Å². The molecule has 0 aliphatic carbocycles. The smallest absolute Gasteiger partial charge is 0.0377 e. The largest absolute Gasteiger partial charge is 0.299 e. The predicted octanol–water partition coefficient (Wildman–Crippen LogP) is 1.74. The maximum Gasteiger partial charge on any atom is 0.0377 e. The molecule has 1 heterocycles. The SMILES string of the molecule is OS1(O)CC[CH]CC1. The molecule has 0 aromatic rings. The fourth-order valence-electron chi connectivity index (χ4n) is 0.791. The van der Waals surface area contributed by atoms with Gasteiger partial charge in [0.1, 0.15) is 0 Å². The van der Waals surface area contributed by atoms with E-state index in [9.17, 15) is 0 Å². The fourth-order valence-corrected chi connectivity index (χ4v) is 2.08. The van der Waals surface area contributed by atoms with E-state index in [2.05, 4.69) is 6.42 Å². The highest BCUT2D eigenvalue weighted by Gasteiger charge is 2.15. The minimum absolute atomic E-state index is 0.590. The van der Waals surface area contributed by atoms with E-state index in [4.69, 9.17) is 9.11 Å². The van der Waals surface area contributed by atoms with Crippen LogP contribution in [0.5, 0.6) is 0 Å². The van der Waals surface area contributed by atoms with Crippen LogP contribution in [0.25, 0.3) is 0 Å². The maximum absolute atomic E-state index is 8.99. The van der Waals surface area contributed by atoms with E-state index < -0.39 is 10.6 Å². The van der Waals surface area contributed by atoms with Gasteiger partial charge >= 0.3 is 0 Å². The summed E-state index contributed by atoms with van der Waals surface area (Å²) in [5, 5.41) is 0. The van der Waals surface area contributed by atoms with Crippen LogP contribution in [0.2, 0.25) is 0 Å². The zero-order chi connectivity index (χ0) is 6.04. The van der Waals surface area contributed by atoms with Crippen molar-refractivity contribution in [1.29, 1.82) is 0 Å². The highest BCUT2D eigenvalue weighted by molar-refractivity contribution is 8.24. The molecule has 0 saturated carbocycles. The Morgan fingerprint density at radius 3 is 1.88 bits per heavy atom. The van der Waals surface area contributed by atoms with Gasteiger partial charge in [0, 0.05) is 11.5 Å². The highest BCUT2D eigenvalue weighted by atomic mass is 32.3. The second-order valence-electron chi connectivity index (χ2n) is 2.08. The summed E-state index contributed by atoms with van der Waals surface area (Å²) in [4.78, 5) is 0. The van der Waals surface area contributed by atoms with Crippen molar-refractivity contribution in [2.24, 2.45) is 0 Å². The van der Waals surface area contributed by atoms with Crippen LogP contribution in [0, 0.1) is 6.42 Å². The molecule has 1 rings (SSSR count). The van der Waals surface area contributed by atoms with Gasteiger partial charge in [-0.15, -0.1) is 0 Å². The fraction of sp³-hybridized carbons (Fsp3) is 0.800. The molecule has 1 saturated heterocycles. The Balaban J connectivity index is 2.33. The van der Waals surface area contributed by atoms with Gasteiger partial charge in [-0.3, -0.25) is 9.11 Å². The summed E-state index contributed by atoms with van der Waals surface area (Å²) in [6.45, 7) is 0. The van der Waals surface area contributed by atoms with E-state index >= 15 is 0 Å². The monoisotopic (exact) mass is 135 g/mol. The Labute approximate surface area is 51.3 Å². The Morgan fingerprint density at radius 1 is 1.12 bits per heavy atom. The van der Waals surface area contributed by atoms with Crippen molar-refractivity contribution in [1.82, 2.24) is 0 Å². The molecule has 3 heteroatoms. The van der Waals surface area contributed by atoms with Gasteiger partial charge in [-0.2, -0.15) is 10.6 Å². The van der Waals surface area contributed by atoms with Gasteiger partial charge in [0.05, 0.1) is 0 Å². The Morgan fingerprint density at radius 2 is 1.62 bits per heavy atom. The first-order valence-corrected chi connectivity index (χ1v) is 4.64. The summed E-state index contributed by atoms with van der Waals surface area (Å²) in [6.07, 6.45) is 3.86. The first-order chi connectivity index (χ1) is 3.71. The summed E-state index contributed by atoms with van der Waals surface area (Å²) in [7, 11) is -2.11. The van der Waals surface area contributed by atoms with Gasteiger partial charge in [-0.25, -0.2) is 0 Å². The van der Waals surface area contributed by atoms with Gasteiger partial charge in [-0.05, 0) is 19.3 Å². The third-order valence-corrected chi connectivity index (χ3v) is 3.08. The maximum atomic E-state index is 8.99. The Bertz CT molecular complexity index is 74.5. The molecule has 0 aromatic carbocycles. The number of hydrogen-bond donors (Lipinski definition) is 2. The molecule has 0 unspecified atom stereocenters. The first-order valence-electron chi connectivity index (χ1n) is 2.76. The molecule has 1 radical (unpaired) electrons. The van der Waals surface area contributed by atoms with Crippen molar-refractivity contribution in [2.75, 3.05) is 11.5 Å². The molecule has 0 bridgehead atoms. The minimum Gasteiger partial charge on any atom is -0.299 e. The van der Waals surface area contributed by atoms with Crippen molar-refractivity contribution < 1.29 is 9.11 Å². The summed E-state index contributed by atoms with van der Waals surface area (Å²) in [5.74, 6) is 1.18. The molecule has 0 atom stereocenters. The summed E-state index contributed by atoms with van der Waals surface area (Å²) >= 11 is 0. The van der Waals surface area contributed by atoms with Crippen molar-refractivity contribution in [3.63, 3.8) is 0 Å². The summed E-state index contributed by atoms with van der Waals surface area (Å²) in [5.41, 5.74) is 0. The number of rotatable bonds is 0. The molecule has 1 fully saturated rings. The lowest BCUT2D eigenvalue weighted by atomic mass is 10.3. The van der Waals surface area contributed by atoms with Crippen molar-refractivity contribution >= 4 is 10.6 Å². The molecule has 1 aliphatic heterocycles. The molecule has 2 N–H and O–H groups in total. The van der Waals surface area contributed by atoms with Crippen LogP contribution < -0.4 is 0 Å². The average Bonchev–Trinajstić information content (AvgIpc) is 1.65. The van der Waals surface area contributed by atoms with Crippen LogP contribution in [0.1, 0.15) is 12.8 Å². The van der Waals surface area contributed by atoms with Gasteiger partial charge in [-0.1, -0.05) is 0 Å². The standard InChI is InChI=1S/C5H11O2S/c6-8(7)4-2-1-3-5-8/h1,6-7H,2-5H2. The number of hydrogen-bond acceptors (Lipinski definition) is 2. The third-order valence-electron chi connectivity index (χ3n) is 1.30. The quantitative estimate of drug-likeness (QED) is 0.531. The molecular weight excluding hydrogens is 124 g/mol. The zero-order valence-electron chi connectivity index (χ0n) is 4.71. The zero-order valence-corrected chi connectivity index (χ0v) is 5.52. The van der Waals surface area contributed by atoms with Crippen molar-refractivity contribution in [3.8, 4) is 0 Å². The molecule has 2 nitrogen and oxygen atoms in total. The van der Waals surface area contributed by atoms with Gasteiger partial charge in [0.2, 0.25) is 0 Å². The van der Waals surface area contributed by atoms with Gasteiger partial charge in [0.25, 0.3) is 0 Å². The second-order valence-corrected chi connectivity index (χ2v) is 4.50. The third kappa shape index (κ3) is 1.65. The molecule has 0 spiro atoms. The normalized spacial score (nSPS) is 31.8. The molecule has 0 amide bonds. The van der Waals surface area contributed by atoms with E-state index in [0.29, 0.717) is 11.5 Å². The predicted molar refractivity (Wildman–Crippen MR) is 36.1 cm³/mol. The van der Waals surface area contributed by atoms with E-state index in [1.807, 2.05) is 0 Å². The Hall–Kier alpha value is 0.270. The van der Waals surface area contributed by atoms with Crippen LogP contribution in [0.4, 0.5) is 0 Å². The molecular formula is C5H11O2S. The van der Waals surface area contributed by atoms with Gasteiger partial charge < -0.3 is 0 Å². The summed E-state index contributed by atoms with van der Waals surface area (Å²) < 4.78 is 18.0. The van der Waals surface area contributed by atoms with Crippen LogP contribution in [0.15, 0.2) is 0 Å². The summed E-state index contributed by atoms with van der Waals surface area (Å²) in [6, 6.07) is 0. The van der Waals surface area contributed by atoms with Gasteiger partial charge in [0.15, 0.2) is 0 Å². The lowest BCUT2D eigenvalue weighted by Gasteiger charge is -2.35. The molecule has 49 valence electrons. The van der Waals surface area contributed by atoms with Crippen LogP contribution in [-0.2, 0) is 0 Å². The van der Waals surface area contributed by atoms with E-state index in [-0.39, 0.29) is 0 Å². The first kappa shape index (κ1) is 6.39. The van der Waals surface area contributed by atoms with Crippen LogP contribution in [0.3, 0.4) is 0 Å². The van der Waals surface area contributed by atoms with E-state index in [1.54, 1.807) is 0 Å². The van der Waals surface area contributed by atoms with Crippen LogP contribution in [-0.4, -0.2) is 20.6 Å². The molecule has 1 aliphatic rings. The molecule has 8 heavy (non-hydrogen) atoms. The minimum atomic E-state index is -2.11. The van der Waals surface area contributed by atoms with E-state index in [1.165, 1.54) is 0 Å². The highest BCUT2D eigenvalue weighted by Crippen LogP contribution is 2.43. The topological polar surface area (TPSA) is 40.5 Å². The second kappa shape index (κ2) is 2.25. The van der Waals surface area contributed by atoms with Crippen molar-refractivity contribution in [2.45, 2.75) is 12.8 Å². The van der Waals surface area contributed by atoms with Crippen molar-refractivity contribution in [3.05, 3.63) is 6.42 Å². The Kier molecular flexibility index (Phi) is 1.80. The lowest BCUT2D eigenvalue weighted by Crippen LogP contribution is -2.12.